The summed E-state index contributed by atoms with van der Waals surface area (Å²) in [7, 11) is 0. The van der Waals surface area contributed by atoms with E-state index in [1.165, 1.54) is 5.56 Å². The molecule has 1 aromatic carbocycles. The Morgan fingerprint density at radius 3 is 2.81 bits per heavy atom. The summed E-state index contributed by atoms with van der Waals surface area (Å²) in [6.45, 7) is 6.04. The first-order valence-corrected chi connectivity index (χ1v) is 9.56. The number of anilines is 1. The molecule has 144 valence electrons. The van der Waals surface area contributed by atoms with Gasteiger partial charge in [-0.05, 0) is 61.9 Å². The fourth-order valence-electron chi connectivity index (χ4n) is 3.77. The Balaban J connectivity index is 0.00000243. The summed E-state index contributed by atoms with van der Waals surface area (Å²) in [5, 5.41) is 6.26. The van der Waals surface area contributed by atoms with Crippen molar-refractivity contribution in [2.24, 2.45) is 5.92 Å². The zero-order valence-electron chi connectivity index (χ0n) is 15.6. The van der Waals surface area contributed by atoms with Crippen molar-refractivity contribution in [2.75, 3.05) is 31.5 Å². The number of nitrogens with one attached hydrogen (secondary N) is 2. The molecule has 6 heteroatoms. The lowest BCUT2D eigenvalue weighted by atomic mass is 9.96. The molecule has 2 amide bonds. The van der Waals surface area contributed by atoms with Gasteiger partial charge in [-0.25, -0.2) is 0 Å². The minimum atomic E-state index is 0. The van der Waals surface area contributed by atoms with Crippen LogP contribution in [-0.4, -0.2) is 42.9 Å². The van der Waals surface area contributed by atoms with Crippen LogP contribution in [0.2, 0.25) is 0 Å². The number of aryl methyl sites for hydroxylation is 1. The fraction of sp³-hybridized carbons (Fsp3) is 0.600. The number of carbonyl (C=O) groups is 2. The highest BCUT2D eigenvalue weighted by molar-refractivity contribution is 5.99. The third-order valence-corrected chi connectivity index (χ3v) is 5.30. The molecule has 1 saturated heterocycles. The van der Waals surface area contributed by atoms with Gasteiger partial charge in [-0.15, -0.1) is 12.4 Å². The Morgan fingerprint density at radius 1 is 1.31 bits per heavy atom. The van der Waals surface area contributed by atoms with Gasteiger partial charge >= 0.3 is 0 Å². The highest BCUT2D eigenvalue weighted by Gasteiger charge is 2.22. The van der Waals surface area contributed by atoms with Crippen LogP contribution in [0.4, 0.5) is 5.69 Å². The van der Waals surface area contributed by atoms with E-state index in [4.69, 9.17) is 0 Å². The minimum absolute atomic E-state index is 0. The van der Waals surface area contributed by atoms with Crippen molar-refractivity contribution < 1.29 is 9.59 Å². The molecule has 0 radical (unpaired) electrons. The molecule has 0 saturated carbocycles. The van der Waals surface area contributed by atoms with E-state index < -0.39 is 0 Å². The van der Waals surface area contributed by atoms with Crippen LogP contribution in [0.3, 0.4) is 0 Å². The van der Waals surface area contributed by atoms with Gasteiger partial charge in [0.25, 0.3) is 0 Å². The number of fused-ring (bicyclic) bond motifs is 1. The highest BCUT2D eigenvalue weighted by Crippen LogP contribution is 2.24. The van der Waals surface area contributed by atoms with Gasteiger partial charge < -0.3 is 15.5 Å². The SMILES string of the molecule is CCNCC1CCN(C(=O)CCCc2ccc3c(c2)CC(=O)N3)CC1.Cl. The summed E-state index contributed by atoms with van der Waals surface area (Å²) in [6.07, 6.45) is 5.09. The second-order valence-corrected chi connectivity index (χ2v) is 7.20. The van der Waals surface area contributed by atoms with Crippen LogP contribution in [0.5, 0.6) is 0 Å². The average Bonchev–Trinajstić information content (AvgIpc) is 2.99. The first-order valence-electron chi connectivity index (χ1n) is 9.56. The Morgan fingerprint density at radius 2 is 2.08 bits per heavy atom. The molecule has 2 heterocycles. The quantitative estimate of drug-likeness (QED) is 0.765. The average molecular weight is 380 g/mol. The first kappa shape index (κ1) is 20.7. The Labute approximate surface area is 162 Å². The van der Waals surface area contributed by atoms with Crippen molar-refractivity contribution in [1.29, 1.82) is 0 Å². The summed E-state index contributed by atoms with van der Waals surface area (Å²) < 4.78 is 0. The van der Waals surface area contributed by atoms with E-state index in [-0.39, 0.29) is 18.3 Å². The maximum atomic E-state index is 12.4. The van der Waals surface area contributed by atoms with Crippen LogP contribution in [0, 0.1) is 5.92 Å². The van der Waals surface area contributed by atoms with E-state index >= 15 is 0 Å². The molecule has 0 unspecified atom stereocenters. The van der Waals surface area contributed by atoms with Gasteiger partial charge in [0, 0.05) is 25.2 Å². The smallest absolute Gasteiger partial charge is 0.228 e. The van der Waals surface area contributed by atoms with E-state index in [0.29, 0.717) is 24.7 Å². The van der Waals surface area contributed by atoms with Crippen molar-refractivity contribution in [2.45, 2.75) is 45.4 Å². The molecule has 2 aliphatic heterocycles. The van der Waals surface area contributed by atoms with Gasteiger partial charge in [-0.1, -0.05) is 19.1 Å². The maximum absolute atomic E-state index is 12.4. The van der Waals surface area contributed by atoms with Gasteiger partial charge in [0.05, 0.1) is 6.42 Å². The molecule has 0 bridgehead atoms. The number of halogens is 1. The maximum Gasteiger partial charge on any atom is 0.228 e. The number of rotatable bonds is 7. The van der Waals surface area contributed by atoms with Crippen LogP contribution >= 0.6 is 12.4 Å². The van der Waals surface area contributed by atoms with E-state index in [2.05, 4.69) is 29.7 Å². The second kappa shape index (κ2) is 9.93. The number of nitrogens with zero attached hydrogens (tertiary/aromatic N) is 1. The van der Waals surface area contributed by atoms with E-state index in [1.54, 1.807) is 0 Å². The van der Waals surface area contributed by atoms with E-state index in [0.717, 1.165) is 63.1 Å². The Hall–Kier alpha value is -1.59. The van der Waals surface area contributed by atoms with Crippen LogP contribution in [0.25, 0.3) is 0 Å². The molecule has 0 spiro atoms. The van der Waals surface area contributed by atoms with Crippen molar-refractivity contribution in [3.63, 3.8) is 0 Å². The van der Waals surface area contributed by atoms with Crippen LogP contribution in [-0.2, 0) is 22.4 Å². The van der Waals surface area contributed by atoms with Crippen molar-refractivity contribution >= 4 is 29.9 Å². The van der Waals surface area contributed by atoms with Crippen molar-refractivity contribution in [3.8, 4) is 0 Å². The number of amides is 2. The first-order chi connectivity index (χ1) is 12.2. The summed E-state index contributed by atoms with van der Waals surface area (Å²) in [6, 6.07) is 6.14. The molecule has 0 aromatic heterocycles. The molecule has 0 aliphatic carbocycles. The predicted octanol–water partition coefficient (Wildman–Crippen LogP) is 2.77. The third kappa shape index (κ3) is 5.45. The number of hydrogen-bond acceptors (Lipinski definition) is 3. The van der Waals surface area contributed by atoms with Crippen LogP contribution in [0.15, 0.2) is 18.2 Å². The lowest BCUT2D eigenvalue weighted by molar-refractivity contribution is -0.132. The van der Waals surface area contributed by atoms with E-state index in [1.807, 2.05) is 11.0 Å². The summed E-state index contributed by atoms with van der Waals surface area (Å²) >= 11 is 0. The highest BCUT2D eigenvalue weighted by atomic mass is 35.5. The summed E-state index contributed by atoms with van der Waals surface area (Å²) in [4.78, 5) is 25.8. The Kier molecular flexibility index (Phi) is 7.91. The van der Waals surface area contributed by atoms with Gasteiger partial charge in [0.15, 0.2) is 0 Å². The van der Waals surface area contributed by atoms with Crippen LogP contribution in [0.1, 0.15) is 43.7 Å². The second-order valence-electron chi connectivity index (χ2n) is 7.20. The molecule has 2 N–H and O–H groups in total. The van der Waals surface area contributed by atoms with Gasteiger partial charge in [-0.3, -0.25) is 9.59 Å². The Bertz CT molecular complexity index is 627. The molecule has 1 aromatic rings. The molecular weight excluding hydrogens is 350 g/mol. The number of carbonyl (C=O) groups excluding carboxylic acids is 2. The van der Waals surface area contributed by atoms with Gasteiger partial charge in [0.2, 0.25) is 11.8 Å². The zero-order chi connectivity index (χ0) is 17.6. The van der Waals surface area contributed by atoms with Crippen molar-refractivity contribution in [3.05, 3.63) is 29.3 Å². The largest absolute Gasteiger partial charge is 0.343 e. The minimum Gasteiger partial charge on any atom is -0.343 e. The number of piperidine rings is 1. The van der Waals surface area contributed by atoms with Crippen molar-refractivity contribution in [1.82, 2.24) is 10.2 Å². The van der Waals surface area contributed by atoms with E-state index in [9.17, 15) is 9.59 Å². The molecule has 1 fully saturated rings. The van der Waals surface area contributed by atoms with Gasteiger partial charge in [-0.2, -0.15) is 0 Å². The molecule has 0 atom stereocenters. The molecular formula is C20H30ClN3O2. The molecule has 2 aliphatic rings. The summed E-state index contributed by atoms with van der Waals surface area (Å²) in [5.74, 6) is 1.08. The summed E-state index contributed by atoms with van der Waals surface area (Å²) in [5.41, 5.74) is 3.23. The molecule has 3 rings (SSSR count). The topological polar surface area (TPSA) is 61.4 Å². The standard InChI is InChI=1S/C20H29N3O2.ClH/c1-2-21-14-16-8-10-23(11-9-16)20(25)5-3-4-15-6-7-18-17(12-15)13-19(24)22-18;/h6-7,12,16,21H,2-5,8-11,13-14H2,1H3,(H,22,24);1H. The monoisotopic (exact) mass is 379 g/mol. The normalized spacial score (nSPS) is 16.8. The van der Waals surface area contributed by atoms with Crippen LogP contribution < -0.4 is 10.6 Å². The number of likely N-dealkylation sites (tertiary alicyclic amines) is 1. The fourth-order valence-corrected chi connectivity index (χ4v) is 3.77. The predicted molar refractivity (Wildman–Crippen MR) is 107 cm³/mol. The lowest BCUT2D eigenvalue weighted by Crippen LogP contribution is -2.40. The zero-order valence-corrected chi connectivity index (χ0v) is 16.4. The number of hydrogen-bond donors (Lipinski definition) is 2. The lowest BCUT2D eigenvalue weighted by Gasteiger charge is -2.32. The molecule has 26 heavy (non-hydrogen) atoms. The van der Waals surface area contributed by atoms with Gasteiger partial charge in [0.1, 0.15) is 0 Å². The number of benzene rings is 1. The third-order valence-electron chi connectivity index (χ3n) is 5.30. The molecule has 5 nitrogen and oxygen atoms in total.